The van der Waals surface area contributed by atoms with Crippen LogP contribution < -0.4 is 9.47 Å². The van der Waals surface area contributed by atoms with Crippen LogP contribution in [-0.4, -0.2) is 60.5 Å². The Morgan fingerprint density at radius 2 is 1.94 bits per heavy atom. The number of nitrogens with zero attached hydrogens (tertiary/aromatic N) is 2. The fraction of sp³-hybridized carbons (Fsp3) is 0.292. The normalized spacial score (nSPS) is 16.9. The smallest absolute Gasteiger partial charge is 0.344 e. The van der Waals surface area contributed by atoms with Gasteiger partial charge in [0.2, 0.25) is 0 Å². The molecule has 1 aliphatic heterocycles. The van der Waals surface area contributed by atoms with Gasteiger partial charge in [-0.25, -0.2) is 9.79 Å². The van der Waals surface area contributed by atoms with Gasteiger partial charge in [0, 0.05) is 20.3 Å². The summed E-state index contributed by atoms with van der Waals surface area (Å²) in [7, 11) is 3.10. The van der Waals surface area contributed by atoms with E-state index in [9.17, 15) is 9.59 Å². The summed E-state index contributed by atoms with van der Waals surface area (Å²) in [5, 5.41) is 9.68. The Morgan fingerprint density at radius 3 is 2.61 bits per heavy atom. The summed E-state index contributed by atoms with van der Waals surface area (Å²) >= 11 is 1.30. The molecule has 0 unspecified atom stereocenters. The van der Waals surface area contributed by atoms with Crippen LogP contribution in [0.15, 0.2) is 58.4 Å². The van der Waals surface area contributed by atoms with Gasteiger partial charge in [0.25, 0.3) is 5.91 Å². The highest BCUT2D eigenvalue weighted by atomic mass is 32.2. The maximum atomic E-state index is 13.1. The summed E-state index contributed by atoms with van der Waals surface area (Å²) in [6.07, 6.45) is 1.43. The Kier molecular flexibility index (Phi) is 8.51. The van der Waals surface area contributed by atoms with Crippen LogP contribution in [0.3, 0.4) is 0 Å². The van der Waals surface area contributed by atoms with Gasteiger partial charge in [0.1, 0.15) is 0 Å². The highest BCUT2D eigenvalue weighted by Gasteiger charge is 2.33. The minimum Gasteiger partial charge on any atom is -0.493 e. The third kappa shape index (κ3) is 6.36. The maximum Gasteiger partial charge on any atom is 0.344 e. The summed E-state index contributed by atoms with van der Waals surface area (Å²) in [6, 6.07) is 14.5. The summed E-state index contributed by atoms with van der Waals surface area (Å²) in [4.78, 5) is 31.1. The molecule has 174 valence electrons. The van der Waals surface area contributed by atoms with E-state index in [4.69, 9.17) is 19.3 Å². The van der Waals surface area contributed by atoms with Crippen molar-refractivity contribution in [2.75, 3.05) is 27.4 Å². The number of methoxy groups -OCH3 is 2. The maximum absolute atomic E-state index is 13.1. The monoisotopic (exact) mass is 470 g/mol. The number of benzene rings is 2. The highest BCUT2D eigenvalue weighted by molar-refractivity contribution is 8.18. The molecule has 0 aromatic heterocycles. The van der Waals surface area contributed by atoms with Crippen molar-refractivity contribution < 1.29 is 28.9 Å². The molecule has 0 radical (unpaired) electrons. The fourth-order valence-corrected chi connectivity index (χ4v) is 4.06. The van der Waals surface area contributed by atoms with Crippen molar-refractivity contribution >= 4 is 40.6 Å². The number of carboxylic acid groups (broad SMARTS) is 1. The van der Waals surface area contributed by atoms with Gasteiger partial charge < -0.3 is 19.3 Å². The highest BCUT2D eigenvalue weighted by Crippen LogP contribution is 2.36. The molecule has 2 aromatic carbocycles. The van der Waals surface area contributed by atoms with Crippen molar-refractivity contribution in [1.29, 1.82) is 0 Å². The number of hydrogen-bond donors (Lipinski definition) is 1. The summed E-state index contributed by atoms with van der Waals surface area (Å²) in [6.45, 7) is 2.47. The van der Waals surface area contributed by atoms with Gasteiger partial charge >= 0.3 is 5.97 Å². The predicted octanol–water partition coefficient (Wildman–Crippen LogP) is 4.19. The first-order valence-electron chi connectivity index (χ1n) is 10.3. The number of carbonyl (C=O) groups is 2. The molecule has 0 spiro atoms. The Hall–Kier alpha value is -3.30. The van der Waals surface area contributed by atoms with Gasteiger partial charge in [-0.2, -0.15) is 0 Å². The topological polar surface area (TPSA) is 97.7 Å². The van der Waals surface area contributed by atoms with Crippen LogP contribution in [0.2, 0.25) is 0 Å². The van der Waals surface area contributed by atoms with Crippen molar-refractivity contribution in [3.8, 4) is 11.5 Å². The molecule has 9 heteroatoms. The van der Waals surface area contributed by atoms with Crippen LogP contribution in [0.4, 0.5) is 5.69 Å². The van der Waals surface area contributed by atoms with Gasteiger partial charge in [-0.15, -0.1) is 0 Å². The first kappa shape index (κ1) is 24.3. The Morgan fingerprint density at radius 1 is 1.18 bits per heavy atom. The molecule has 33 heavy (non-hydrogen) atoms. The van der Waals surface area contributed by atoms with Gasteiger partial charge in [-0.3, -0.25) is 9.69 Å². The molecule has 1 saturated heterocycles. The quantitative estimate of drug-likeness (QED) is 0.411. The zero-order valence-corrected chi connectivity index (χ0v) is 19.5. The SMILES string of the molecule is COCCCN1C(=O)/C(=C/c2ccc(O[C@@H](C)C(=O)O)c(OC)c2)SC1=Nc1ccccc1. The fourth-order valence-electron chi connectivity index (χ4n) is 3.03. The van der Waals surface area contributed by atoms with Crippen molar-refractivity contribution in [2.45, 2.75) is 19.4 Å². The number of aliphatic carboxylic acids is 1. The standard InChI is InChI=1S/C24H26N2O6S/c1-16(23(28)29)32-19-11-10-17(14-20(19)31-3)15-21-22(27)26(12-7-13-30-2)24(33-21)25-18-8-5-4-6-9-18/h4-6,8-11,14-16H,7,12-13H2,1-3H3,(H,28,29)/b21-15-,25-24?/t16-/m0/s1. The van der Waals surface area contributed by atoms with E-state index in [2.05, 4.69) is 4.99 Å². The number of amidine groups is 1. The third-order valence-corrected chi connectivity index (χ3v) is 5.74. The Balaban J connectivity index is 1.88. The van der Waals surface area contributed by atoms with Gasteiger partial charge in [0.15, 0.2) is 22.8 Å². The lowest BCUT2D eigenvalue weighted by molar-refractivity contribution is -0.144. The second-order valence-corrected chi connectivity index (χ2v) is 8.16. The first-order valence-corrected chi connectivity index (χ1v) is 11.2. The summed E-state index contributed by atoms with van der Waals surface area (Å²) in [5.41, 5.74) is 1.48. The minimum atomic E-state index is -1.07. The molecule has 1 N–H and O–H groups in total. The van der Waals surface area contributed by atoms with E-state index < -0.39 is 12.1 Å². The number of hydrogen-bond acceptors (Lipinski definition) is 7. The number of amides is 1. The average Bonchev–Trinajstić information content (AvgIpc) is 3.09. The van der Waals surface area contributed by atoms with E-state index in [-0.39, 0.29) is 5.91 Å². The molecule has 0 bridgehead atoms. The number of para-hydroxylation sites is 1. The van der Waals surface area contributed by atoms with E-state index in [1.807, 2.05) is 30.3 Å². The molecule has 0 aliphatic carbocycles. The van der Waals surface area contributed by atoms with Crippen LogP contribution in [0.5, 0.6) is 11.5 Å². The number of carboxylic acids is 1. The second kappa shape index (κ2) is 11.5. The lowest BCUT2D eigenvalue weighted by Crippen LogP contribution is -2.30. The molecule has 3 rings (SSSR count). The number of thioether (sulfide) groups is 1. The third-order valence-electron chi connectivity index (χ3n) is 4.74. The van der Waals surface area contributed by atoms with Gasteiger partial charge in [0.05, 0.1) is 17.7 Å². The lowest BCUT2D eigenvalue weighted by atomic mass is 10.1. The van der Waals surface area contributed by atoms with Crippen molar-refractivity contribution in [2.24, 2.45) is 4.99 Å². The average molecular weight is 471 g/mol. The van der Waals surface area contributed by atoms with E-state index in [0.717, 1.165) is 11.3 Å². The molecule has 1 atom stereocenters. The first-order chi connectivity index (χ1) is 15.9. The predicted molar refractivity (Wildman–Crippen MR) is 128 cm³/mol. The van der Waals surface area contributed by atoms with Gasteiger partial charge in [-0.05, 0) is 61.0 Å². The van der Waals surface area contributed by atoms with E-state index in [0.29, 0.717) is 41.1 Å². The molecular weight excluding hydrogens is 444 g/mol. The van der Waals surface area contributed by atoms with Crippen molar-refractivity contribution in [3.05, 3.63) is 59.0 Å². The lowest BCUT2D eigenvalue weighted by Gasteiger charge is -2.15. The molecule has 1 fully saturated rings. The molecule has 1 amide bonds. The number of carbonyl (C=O) groups excluding carboxylic acids is 1. The molecular formula is C24H26N2O6S. The summed E-state index contributed by atoms with van der Waals surface area (Å²) in [5.74, 6) is -0.518. The van der Waals surface area contributed by atoms with Gasteiger partial charge in [-0.1, -0.05) is 24.3 Å². The summed E-state index contributed by atoms with van der Waals surface area (Å²) < 4.78 is 15.9. The molecule has 1 aliphatic rings. The van der Waals surface area contributed by atoms with Crippen LogP contribution >= 0.6 is 11.8 Å². The van der Waals surface area contributed by atoms with E-state index >= 15 is 0 Å². The molecule has 1 heterocycles. The molecule has 2 aromatic rings. The Bertz CT molecular complexity index is 1050. The van der Waals surface area contributed by atoms with Crippen molar-refractivity contribution in [1.82, 2.24) is 4.90 Å². The molecule has 8 nitrogen and oxygen atoms in total. The van der Waals surface area contributed by atoms with Crippen LogP contribution in [-0.2, 0) is 14.3 Å². The van der Waals surface area contributed by atoms with E-state index in [1.54, 1.807) is 36.3 Å². The Labute approximate surface area is 196 Å². The van der Waals surface area contributed by atoms with E-state index in [1.165, 1.54) is 25.8 Å². The number of rotatable bonds is 10. The second-order valence-electron chi connectivity index (χ2n) is 7.15. The van der Waals surface area contributed by atoms with Crippen LogP contribution in [0, 0.1) is 0 Å². The van der Waals surface area contributed by atoms with Crippen LogP contribution in [0.1, 0.15) is 18.9 Å². The van der Waals surface area contributed by atoms with Crippen LogP contribution in [0.25, 0.3) is 6.08 Å². The zero-order chi connectivity index (χ0) is 23.8. The molecule has 0 saturated carbocycles. The minimum absolute atomic E-state index is 0.135. The van der Waals surface area contributed by atoms with Crippen molar-refractivity contribution in [3.63, 3.8) is 0 Å². The number of aliphatic imine (C=N–C) groups is 1. The largest absolute Gasteiger partial charge is 0.493 e. The zero-order valence-electron chi connectivity index (χ0n) is 18.7. The number of ether oxygens (including phenoxy) is 3.